The maximum absolute atomic E-state index is 13.4. The summed E-state index contributed by atoms with van der Waals surface area (Å²) in [5.41, 5.74) is 0.0334. The molecular weight excluding hydrogens is 414 g/mol. The number of rotatable bonds is 9. The molecule has 1 aromatic rings. The molecule has 0 radical (unpaired) electrons. The molecule has 2 fully saturated rings. The van der Waals surface area contributed by atoms with Crippen molar-refractivity contribution in [2.75, 3.05) is 6.54 Å². The summed E-state index contributed by atoms with van der Waals surface area (Å²) in [5.74, 6) is 0.731. The van der Waals surface area contributed by atoms with Crippen molar-refractivity contribution in [2.24, 2.45) is 11.8 Å². The Kier molecular flexibility index (Phi) is 9.23. The van der Waals surface area contributed by atoms with Gasteiger partial charge in [-0.2, -0.15) is 0 Å². The Bertz CT molecular complexity index is 721. The molecule has 1 atom stereocenters. The Balaban J connectivity index is 1.70. The van der Waals surface area contributed by atoms with E-state index >= 15 is 0 Å². The van der Waals surface area contributed by atoms with Gasteiger partial charge in [0, 0.05) is 6.54 Å². The first kappa shape index (κ1) is 26.0. The van der Waals surface area contributed by atoms with Gasteiger partial charge in [0.25, 0.3) is 0 Å². The number of ether oxygens (including phenoxy) is 2. The van der Waals surface area contributed by atoms with E-state index in [0.29, 0.717) is 24.8 Å². The summed E-state index contributed by atoms with van der Waals surface area (Å²) < 4.78 is 12.2. The van der Waals surface area contributed by atoms with Crippen LogP contribution in [0.15, 0.2) is 30.3 Å². The predicted molar refractivity (Wildman–Crippen MR) is 132 cm³/mol. The van der Waals surface area contributed by atoms with Gasteiger partial charge >= 0.3 is 6.09 Å². The number of aliphatic hydroxyl groups excluding tert-OH is 1. The summed E-state index contributed by atoms with van der Waals surface area (Å²) in [6, 6.07) is 10.0. The van der Waals surface area contributed by atoms with Gasteiger partial charge in [-0.05, 0) is 77.2 Å². The van der Waals surface area contributed by atoms with Crippen LogP contribution in [-0.2, 0) is 15.9 Å². The molecule has 5 heteroatoms. The van der Waals surface area contributed by atoms with Gasteiger partial charge in [-0.1, -0.05) is 68.9 Å². The highest BCUT2D eigenvalue weighted by molar-refractivity contribution is 5.68. The second-order valence-electron chi connectivity index (χ2n) is 11.1. The molecule has 3 rings (SSSR count). The highest BCUT2D eigenvalue weighted by atomic mass is 16.7. The second kappa shape index (κ2) is 11.7. The molecule has 33 heavy (non-hydrogen) atoms. The van der Waals surface area contributed by atoms with E-state index < -0.39 is 23.7 Å². The molecule has 186 valence electrons. The Hall–Kier alpha value is -1.59. The Labute approximate surface area is 200 Å². The van der Waals surface area contributed by atoms with E-state index in [-0.39, 0.29) is 0 Å². The minimum atomic E-state index is -1.33. The average Bonchev–Trinajstić information content (AvgIpc) is 2.80. The zero-order valence-electron chi connectivity index (χ0n) is 21.2. The maximum atomic E-state index is 13.4. The zero-order valence-corrected chi connectivity index (χ0v) is 21.2. The smallest absolute Gasteiger partial charge is 0.414 e. The van der Waals surface area contributed by atoms with Crippen LogP contribution in [0.25, 0.3) is 0 Å². The molecule has 5 nitrogen and oxygen atoms in total. The normalized spacial score (nSPS) is 19.8. The molecule has 0 spiro atoms. The van der Waals surface area contributed by atoms with Crippen LogP contribution in [0.5, 0.6) is 0 Å². The number of benzene rings is 1. The monoisotopic (exact) mass is 459 g/mol. The van der Waals surface area contributed by atoms with Crippen molar-refractivity contribution in [1.82, 2.24) is 4.90 Å². The molecule has 1 aromatic carbocycles. The van der Waals surface area contributed by atoms with Crippen LogP contribution in [0.4, 0.5) is 4.79 Å². The molecule has 2 aliphatic rings. The average molecular weight is 460 g/mol. The van der Waals surface area contributed by atoms with Crippen molar-refractivity contribution in [1.29, 1.82) is 0 Å². The van der Waals surface area contributed by atoms with Gasteiger partial charge in [0.15, 0.2) is 0 Å². The fraction of sp³-hybridized carbons (Fsp3) is 0.750. The Morgan fingerprint density at radius 2 is 1.42 bits per heavy atom. The van der Waals surface area contributed by atoms with Crippen molar-refractivity contribution in [3.05, 3.63) is 35.9 Å². The van der Waals surface area contributed by atoms with Gasteiger partial charge in [-0.25, -0.2) is 4.79 Å². The van der Waals surface area contributed by atoms with E-state index in [1.807, 2.05) is 58.0 Å². The fourth-order valence-corrected chi connectivity index (χ4v) is 5.58. The van der Waals surface area contributed by atoms with Crippen LogP contribution < -0.4 is 0 Å². The number of amides is 1. The van der Waals surface area contributed by atoms with E-state index in [9.17, 15) is 9.90 Å². The SMILES string of the molecule is CC(C)(OC(=O)N(CCc1ccccc1)C(O)OC(C)(C)C1CCCCC1)C1CCCCC1. The molecule has 0 aromatic heterocycles. The second-order valence-corrected chi connectivity index (χ2v) is 11.1. The third-order valence-corrected chi connectivity index (χ3v) is 7.92. The fourth-order valence-electron chi connectivity index (χ4n) is 5.58. The number of carbonyl (C=O) groups excluding carboxylic acids is 1. The summed E-state index contributed by atoms with van der Waals surface area (Å²) in [5, 5.41) is 11.1. The first-order valence-corrected chi connectivity index (χ1v) is 13.1. The van der Waals surface area contributed by atoms with Crippen LogP contribution >= 0.6 is 0 Å². The molecular formula is C28H45NO4. The Morgan fingerprint density at radius 1 is 0.909 bits per heavy atom. The number of aliphatic hydroxyl groups is 1. The summed E-state index contributed by atoms with van der Waals surface area (Å²) in [6.07, 6.45) is 10.5. The molecule has 1 unspecified atom stereocenters. The molecule has 0 bridgehead atoms. The van der Waals surface area contributed by atoms with E-state index in [2.05, 4.69) is 0 Å². The van der Waals surface area contributed by atoms with E-state index in [0.717, 1.165) is 31.2 Å². The Morgan fingerprint density at radius 3 is 1.97 bits per heavy atom. The predicted octanol–water partition coefficient (Wildman–Crippen LogP) is 6.68. The molecule has 0 heterocycles. The summed E-state index contributed by atoms with van der Waals surface area (Å²) in [6.45, 7) is 8.44. The lowest BCUT2D eigenvalue weighted by atomic mass is 9.79. The van der Waals surface area contributed by atoms with Gasteiger partial charge in [-0.3, -0.25) is 4.90 Å². The highest BCUT2D eigenvalue weighted by Crippen LogP contribution is 2.37. The first-order chi connectivity index (χ1) is 15.7. The van der Waals surface area contributed by atoms with E-state index in [1.165, 1.54) is 43.4 Å². The minimum Gasteiger partial charge on any atom is -0.443 e. The lowest BCUT2D eigenvalue weighted by Crippen LogP contribution is -2.51. The van der Waals surface area contributed by atoms with Crippen molar-refractivity contribution in [2.45, 2.75) is 116 Å². The van der Waals surface area contributed by atoms with Crippen LogP contribution in [0, 0.1) is 11.8 Å². The van der Waals surface area contributed by atoms with Crippen molar-refractivity contribution < 1.29 is 19.4 Å². The minimum absolute atomic E-state index is 0.339. The number of hydrogen-bond acceptors (Lipinski definition) is 4. The zero-order chi connectivity index (χ0) is 23.9. The molecule has 0 saturated heterocycles. The van der Waals surface area contributed by atoms with Crippen molar-refractivity contribution in [3.8, 4) is 0 Å². The lowest BCUT2D eigenvalue weighted by Gasteiger charge is -2.42. The molecule has 0 aliphatic heterocycles. The first-order valence-electron chi connectivity index (χ1n) is 13.1. The molecule has 2 saturated carbocycles. The van der Waals surface area contributed by atoms with Crippen molar-refractivity contribution in [3.63, 3.8) is 0 Å². The van der Waals surface area contributed by atoms with Gasteiger partial charge in [0.05, 0.1) is 5.60 Å². The third kappa shape index (κ3) is 7.45. The molecule has 1 N–H and O–H groups in total. The number of nitrogens with zero attached hydrogens (tertiary/aromatic N) is 1. The van der Waals surface area contributed by atoms with Crippen LogP contribution in [0.2, 0.25) is 0 Å². The van der Waals surface area contributed by atoms with Crippen LogP contribution in [0.3, 0.4) is 0 Å². The summed E-state index contributed by atoms with van der Waals surface area (Å²) >= 11 is 0. The number of carbonyl (C=O) groups is 1. The lowest BCUT2D eigenvalue weighted by molar-refractivity contribution is -0.250. The summed E-state index contributed by atoms with van der Waals surface area (Å²) in [7, 11) is 0. The van der Waals surface area contributed by atoms with E-state index in [4.69, 9.17) is 9.47 Å². The van der Waals surface area contributed by atoms with Gasteiger partial charge < -0.3 is 14.6 Å². The standard InChI is InChI=1S/C28H45NO4/c1-27(2,23-16-10-6-11-17-23)32-25(30)29(21-20-22-14-8-5-9-15-22)26(31)33-28(3,4)24-18-12-7-13-19-24/h5,8-9,14-15,23-25,30H,6-7,10-13,16-21H2,1-4H3. The van der Waals surface area contributed by atoms with Crippen LogP contribution in [0.1, 0.15) is 97.5 Å². The van der Waals surface area contributed by atoms with E-state index in [1.54, 1.807) is 0 Å². The van der Waals surface area contributed by atoms with Crippen LogP contribution in [-0.4, -0.2) is 40.3 Å². The van der Waals surface area contributed by atoms with Gasteiger partial charge in [0.1, 0.15) is 5.60 Å². The maximum Gasteiger partial charge on any atom is 0.414 e. The van der Waals surface area contributed by atoms with Crippen molar-refractivity contribution >= 4 is 6.09 Å². The summed E-state index contributed by atoms with van der Waals surface area (Å²) in [4.78, 5) is 14.8. The van der Waals surface area contributed by atoms with Gasteiger partial charge in [0.2, 0.25) is 6.41 Å². The highest BCUT2D eigenvalue weighted by Gasteiger charge is 2.39. The topological polar surface area (TPSA) is 59.0 Å². The number of hydrogen-bond donors (Lipinski definition) is 1. The third-order valence-electron chi connectivity index (χ3n) is 7.92. The van der Waals surface area contributed by atoms with Gasteiger partial charge in [-0.15, -0.1) is 0 Å². The quantitative estimate of drug-likeness (QED) is 0.419. The molecule has 1 amide bonds. The largest absolute Gasteiger partial charge is 0.443 e. The molecule has 2 aliphatic carbocycles.